The number of aliphatic hydroxyl groups excluding tert-OH is 4. The number of aromatic amines is 1. The molecular weight excluding hydrogens is 796 g/mol. The number of aliphatic hydroxyl groups is 4. The monoisotopic (exact) mass is 837 g/mol. The Hall–Kier alpha value is -3.50. The van der Waals surface area contributed by atoms with Crippen molar-refractivity contribution in [3.63, 3.8) is 0 Å². The Morgan fingerprint density at radius 1 is 0.982 bits per heavy atom. The first kappa shape index (κ1) is 45.9. The smallest absolute Gasteiger partial charge is 0.481 e. The lowest BCUT2D eigenvalue weighted by atomic mass is 9.97. The Morgan fingerprint density at radius 3 is 2.22 bits per heavy atom. The molecule has 2 aliphatic rings. The van der Waals surface area contributed by atoms with E-state index in [9.17, 15) is 73.2 Å². The third-order valence-corrected chi connectivity index (χ3v) is 10.6. The molecule has 0 spiro atoms. The summed E-state index contributed by atoms with van der Waals surface area (Å²) in [5, 5.41) is 63.3. The van der Waals surface area contributed by atoms with Gasteiger partial charge < -0.3 is 71.0 Å². The third-order valence-electron chi connectivity index (χ3n) is 7.95. The van der Waals surface area contributed by atoms with Crippen molar-refractivity contribution in [2.24, 2.45) is 5.73 Å². The molecule has 2 unspecified atom stereocenters. The zero-order chi connectivity index (χ0) is 41.6. The van der Waals surface area contributed by atoms with Crippen molar-refractivity contribution in [3.05, 3.63) is 33.1 Å². The fourth-order valence-corrected chi connectivity index (χ4v) is 7.24. The van der Waals surface area contributed by atoms with E-state index in [0.29, 0.717) is 4.57 Å². The summed E-state index contributed by atoms with van der Waals surface area (Å²) in [6, 6.07) is -3.93. The van der Waals surface area contributed by atoms with Crippen LogP contribution in [0, 0.1) is 0 Å². The van der Waals surface area contributed by atoms with Crippen LogP contribution in [0.1, 0.15) is 32.9 Å². The molecule has 0 aliphatic carbocycles. The van der Waals surface area contributed by atoms with Crippen LogP contribution in [0.5, 0.6) is 0 Å². The summed E-state index contributed by atoms with van der Waals surface area (Å²) < 4.78 is 55.7. The molecule has 1 aromatic heterocycles. The number of amides is 2. The number of ether oxygens (including phenoxy) is 3. The van der Waals surface area contributed by atoms with Crippen molar-refractivity contribution in [1.29, 1.82) is 0 Å². The number of nitrogens with two attached hydrogens (primary N) is 1. The predicted molar refractivity (Wildman–Crippen MR) is 173 cm³/mol. The van der Waals surface area contributed by atoms with Gasteiger partial charge in [0.2, 0.25) is 11.8 Å². The Morgan fingerprint density at radius 2 is 1.64 bits per heavy atom. The van der Waals surface area contributed by atoms with Crippen LogP contribution in [0.4, 0.5) is 0 Å². The van der Waals surface area contributed by atoms with Crippen LogP contribution in [0.15, 0.2) is 21.9 Å². The predicted octanol–water partition coefficient (Wildman–Crippen LogP) is -5.48. The number of aromatic nitrogens is 2. The van der Waals surface area contributed by atoms with Crippen LogP contribution in [0.2, 0.25) is 0 Å². The number of carbonyl (C=O) groups is 4. The van der Waals surface area contributed by atoms with E-state index < -0.39 is 150 Å². The molecule has 312 valence electrons. The maximum atomic E-state index is 12.8. The Kier molecular flexibility index (Phi) is 15.9. The molecule has 0 aromatic carbocycles. The maximum absolute atomic E-state index is 12.8. The third kappa shape index (κ3) is 12.5. The van der Waals surface area contributed by atoms with Gasteiger partial charge in [-0.25, -0.2) is 18.7 Å². The van der Waals surface area contributed by atoms with Gasteiger partial charge in [0.05, 0.1) is 19.3 Å². The Labute approximate surface area is 308 Å². The number of nitrogens with one attached hydrogen (secondary N) is 3. The van der Waals surface area contributed by atoms with E-state index in [1.54, 1.807) is 0 Å². The normalized spacial score (nSPS) is 30.6. The summed E-state index contributed by atoms with van der Waals surface area (Å²) in [7, 11) is -11.4. The lowest BCUT2D eigenvalue weighted by Gasteiger charge is -2.43. The molecule has 1 aromatic rings. The number of phosphoric acid groups is 2. The Balaban J connectivity index is 1.61. The fourth-order valence-electron chi connectivity index (χ4n) is 5.07. The van der Waals surface area contributed by atoms with E-state index >= 15 is 0 Å². The van der Waals surface area contributed by atoms with Crippen molar-refractivity contribution in [3.8, 4) is 0 Å². The van der Waals surface area contributed by atoms with E-state index in [4.69, 9.17) is 29.6 Å². The van der Waals surface area contributed by atoms with E-state index in [1.165, 1.54) is 0 Å². The van der Waals surface area contributed by atoms with Gasteiger partial charge in [0, 0.05) is 18.7 Å². The molecule has 2 fully saturated rings. The highest BCUT2D eigenvalue weighted by Crippen LogP contribution is 2.61. The molecule has 14 atom stereocenters. The molecule has 0 saturated carbocycles. The number of rotatable bonds is 19. The largest absolute Gasteiger partial charge is 0.483 e. The standard InChI is InChI=1S/C26H41N5O22P2/c1-9(21(39)29-11(24(41)42)3-4-15(34)35)28-22(40)10(2)49-20-16(27)25(51-12(7-32)18(20)37)52-55(46,47)53-54(44,45)48-8-13-17(36)19(38)23(50-13)31-6-5-14(33)30-26(31)43/h5-6,9-13,16-20,23,25,32,36-38H,3-4,7-8,27H2,1-2H3,(H,28,40)(H,29,39)(H,34,35)(H,41,42)(H,44,45)(H,46,47)(H,30,33,43)/t9-,10+,11+,12+,13+,16+,17+,18+,19+,20+,23+,25+/m0/s1. The highest BCUT2D eigenvalue weighted by Gasteiger charge is 2.50. The summed E-state index contributed by atoms with van der Waals surface area (Å²) in [6.45, 7) is 0.160. The number of phosphoric ester groups is 2. The van der Waals surface area contributed by atoms with Gasteiger partial charge in [-0.1, -0.05) is 0 Å². The zero-order valence-corrected chi connectivity index (χ0v) is 30.4. The zero-order valence-electron chi connectivity index (χ0n) is 28.6. The van der Waals surface area contributed by atoms with Gasteiger partial charge in [0.25, 0.3) is 5.56 Å². The van der Waals surface area contributed by atoms with Crippen LogP contribution in [-0.2, 0) is 55.9 Å². The number of H-pyrrole nitrogens is 1. The maximum Gasteiger partial charge on any atom is 0.483 e. The van der Waals surface area contributed by atoms with Gasteiger partial charge in [-0.05, 0) is 20.3 Å². The summed E-state index contributed by atoms with van der Waals surface area (Å²) in [6.07, 6.45) is -16.1. The molecule has 55 heavy (non-hydrogen) atoms. The van der Waals surface area contributed by atoms with E-state index in [0.717, 1.165) is 26.1 Å². The van der Waals surface area contributed by atoms with Crippen LogP contribution in [0.3, 0.4) is 0 Å². The van der Waals surface area contributed by atoms with E-state index in [1.807, 2.05) is 4.98 Å². The van der Waals surface area contributed by atoms with Crippen LogP contribution in [0.25, 0.3) is 0 Å². The quantitative estimate of drug-likeness (QED) is 0.0578. The molecule has 3 heterocycles. The average molecular weight is 838 g/mol. The first-order chi connectivity index (χ1) is 25.5. The minimum absolute atomic E-state index is 0.462. The van der Waals surface area contributed by atoms with Crippen molar-refractivity contribution in [2.75, 3.05) is 13.2 Å². The number of carbonyl (C=O) groups excluding carboxylic acids is 2. The highest BCUT2D eigenvalue weighted by molar-refractivity contribution is 7.61. The number of aliphatic carboxylic acids is 2. The van der Waals surface area contributed by atoms with Gasteiger partial charge >= 0.3 is 33.3 Å². The molecule has 3 rings (SSSR count). The second-order valence-electron chi connectivity index (χ2n) is 12.1. The summed E-state index contributed by atoms with van der Waals surface area (Å²) in [5.41, 5.74) is 4.19. The number of hydrogen-bond donors (Lipinski definition) is 12. The molecular formula is C26H41N5O22P2. The van der Waals surface area contributed by atoms with Gasteiger partial charge in [-0.3, -0.25) is 37.8 Å². The van der Waals surface area contributed by atoms with Crippen molar-refractivity contribution < 1.29 is 96.3 Å². The molecule has 2 amide bonds. The number of carboxylic acid groups (broad SMARTS) is 2. The molecule has 0 bridgehead atoms. The molecule has 2 aliphatic heterocycles. The van der Waals surface area contributed by atoms with Gasteiger partial charge in [0.15, 0.2) is 12.5 Å². The molecule has 27 nitrogen and oxygen atoms in total. The Bertz CT molecular complexity index is 1760. The average Bonchev–Trinajstić information content (AvgIpc) is 3.36. The summed E-state index contributed by atoms with van der Waals surface area (Å²) in [4.78, 5) is 93.1. The van der Waals surface area contributed by atoms with Crippen LogP contribution in [-0.4, -0.2) is 154 Å². The SMILES string of the molecule is C[C@H](NC(=O)[C@@H](C)O[C@@H]1[C@@H](N)[C@@H](OP(=O)(O)OP(=O)(O)OC[C@H]2O[C@@H](n3ccc(=O)[nH]c3=O)[C@H](O)[C@@H]2O)O[C@H](CO)[C@H]1O)C(=O)N[C@H](CCC(=O)O)C(=O)O. The van der Waals surface area contributed by atoms with Gasteiger partial charge in [-0.15, -0.1) is 0 Å². The first-order valence-corrected chi connectivity index (χ1v) is 18.9. The molecule has 29 heteroatoms. The van der Waals surface area contributed by atoms with Crippen LogP contribution < -0.4 is 27.6 Å². The van der Waals surface area contributed by atoms with Crippen molar-refractivity contribution in [2.45, 2.75) is 100 Å². The van der Waals surface area contributed by atoms with E-state index in [-0.39, 0.29) is 0 Å². The number of hydrogen-bond acceptors (Lipinski definition) is 19. The molecule has 0 radical (unpaired) electrons. The van der Waals surface area contributed by atoms with E-state index in [2.05, 4.69) is 19.5 Å². The van der Waals surface area contributed by atoms with Gasteiger partial charge in [0.1, 0.15) is 54.8 Å². The molecule has 2 saturated heterocycles. The minimum Gasteiger partial charge on any atom is -0.481 e. The number of carboxylic acids is 2. The summed E-state index contributed by atoms with van der Waals surface area (Å²) >= 11 is 0. The topological polar surface area (TPSA) is 425 Å². The van der Waals surface area contributed by atoms with Crippen molar-refractivity contribution >= 4 is 39.4 Å². The fraction of sp³-hybridized carbons (Fsp3) is 0.692. The lowest BCUT2D eigenvalue weighted by molar-refractivity contribution is -0.256. The highest BCUT2D eigenvalue weighted by atomic mass is 31.3. The molecule has 13 N–H and O–H groups in total. The lowest BCUT2D eigenvalue weighted by Crippen LogP contribution is -2.64. The number of nitrogens with zero attached hydrogens (tertiary/aromatic N) is 1. The van der Waals surface area contributed by atoms with Gasteiger partial charge in [-0.2, -0.15) is 4.31 Å². The minimum atomic E-state index is -5.77. The first-order valence-electron chi connectivity index (χ1n) is 15.9. The van der Waals surface area contributed by atoms with Crippen molar-refractivity contribution in [1.82, 2.24) is 20.2 Å². The second-order valence-corrected chi connectivity index (χ2v) is 15.1. The summed E-state index contributed by atoms with van der Waals surface area (Å²) in [5.74, 6) is -4.91. The second kappa shape index (κ2) is 19.1. The van der Waals surface area contributed by atoms with Crippen LogP contribution >= 0.6 is 15.6 Å².